The maximum atomic E-state index is 11.4. The standard InChI is InChI=1S/C22H25N5O2/c1-14-9-10-18(19(12-14)29-22(23)28)20-16-7-3-4-8-17(16)21(26-25-20)24-15-6-5-11-27(2)13-15/h3-4,7-10,12,15H,5-6,11,13H2,1-2H3,(H2,23,28)(H,24,26)/t15-/m1/s1. The van der Waals surface area contributed by atoms with Crippen LogP contribution in [0.25, 0.3) is 22.0 Å². The van der Waals surface area contributed by atoms with E-state index in [1.54, 1.807) is 6.07 Å². The zero-order chi connectivity index (χ0) is 20.4. The number of aryl methyl sites for hydroxylation is 1. The van der Waals surface area contributed by atoms with E-state index in [2.05, 4.69) is 27.5 Å². The molecule has 1 aromatic heterocycles. The molecule has 0 radical (unpaired) electrons. The number of carbonyl (C=O) groups is 1. The first kappa shape index (κ1) is 19.1. The Hall–Kier alpha value is -3.19. The molecule has 0 aliphatic carbocycles. The minimum atomic E-state index is -0.853. The Morgan fingerprint density at radius 2 is 2.00 bits per heavy atom. The number of amides is 1. The molecule has 7 heteroatoms. The predicted octanol–water partition coefficient (Wildman–Crippen LogP) is 3.57. The number of anilines is 1. The highest BCUT2D eigenvalue weighted by Gasteiger charge is 2.20. The number of likely N-dealkylation sites (tertiary alicyclic amines) is 1. The van der Waals surface area contributed by atoms with Crippen molar-refractivity contribution in [1.29, 1.82) is 0 Å². The molecule has 1 aliphatic heterocycles. The number of ether oxygens (including phenoxy) is 1. The first-order valence-electron chi connectivity index (χ1n) is 9.80. The highest BCUT2D eigenvalue weighted by Crippen LogP contribution is 2.36. The third-order valence-electron chi connectivity index (χ3n) is 5.26. The Labute approximate surface area is 169 Å². The van der Waals surface area contributed by atoms with Gasteiger partial charge in [-0.05, 0) is 51.1 Å². The van der Waals surface area contributed by atoms with E-state index in [0.717, 1.165) is 48.1 Å². The van der Waals surface area contributed by atoms with Crippen LogP contribution < -0.4 is 15.8 Å². The van der Waals surface area contributed by atoms with Gasteiger partial charge < -0.3 is 20.7 Å². The van der Waals surface area contributed by atoms with Gasteiger partial charge in [0.05, 0.1) is 0 Å². The number of carbonyl (C=O) groups excluding carboxylic acids is 1. The molecular weight excluding hydrogens is 366 g/mol. The topological polar surface area (TPSA) is 93.4 Å². The predicted molar refractivity (Wildman–Crippen MR) is 114 cm³/mol. The lowest BCUT2D eigenvalue weighted by Crippen LogP contribution is -2.40. The van der Waals surface area contributed by atoms with E-state index in [1.807, 2.05) is 43.3 Å². The largest absolute Gasteiger partial charge is 0.410 e. The van der Waals surface area contributed by atoms with Crippen molar-refractivity contribution in [3.63, 3.8) is 0 Å². The molecule has 3 aromatic rings. The Bertz CT molecular complexity index is 1050. The Balaban J connectivity index is 1.77. The van der Waals surface area contributed by atoms with E-state index >= 15 is 0 Å². The van der Waals surface area contributed by atoms with Crippen LogP contribution in [-0.2, 0) is 0 Å². The van der Waals surface area contributed by atoms with Gasteiger partial charge in [0.15, 0.2) is 5.82 Å². The second kappa shape index (κ2) is 8.05. The smallest absolute Gasteiger partial charge is 0.409 e. The van der Waals surface area contributed by atoms with Gasteiger partial charge >= 0.3 is 6.09 Å². The summed E-state index contributed by atoms with van der Waals surface area (Å²) < 4.78 is 5.24. The number of hydrogen-bond acceptors (Lipinski definition) is 6. The number of benzene rings is 2. The van der Waals surface area contributed by atoms with E-state index in [1.165, 1.54) is 0 Å². The van der Waals surface area contributed by atoms with E-state index in [4.69, 9.17) is 10.5 Å². The maximum Gasteiger partial charge on any atom is 0.409 e. The monoisotopic (exact) mass is 391 g/mol. The molecule has 4 rings (SSSR count). The van der Waals surface area contributed by atoms with Crippen LogP contribution in [0.5, 0.6) is 5.75 Å². The summed E-state index contributed by atoms with van der Waals surface area (Å²) in [6.45, 7) is 4.03. The summed E-state index contributed by atoms with van der Waals surface area (Å²) in [5, 5.41) is 14.5. The van der Waals surface area contributed by atoms with Gasteiger partial charge in [0.2, 0.25) is 0 Å². The number of likely N-dealkylation sites (N-methyl/N-ethyl adjacent to an activating group) is 1. The number of rotatable bonds is 4. The Kier molecular flexibility index (Phi) is 5.31. The number of fused-ring (bicyclic) bond motifs is 1. The molecule has 7 nitrogen and oxygen atoms in total. The van der Waals surface area contributed by atoms with Crippen molar-refractivity contribution < 1.29 is 9.53 Å². The first-order valence-corrected chi connectivity index (χ1v) is 9.80. The van der Waals surface area contributed by atoms with Crippen molar-refractivity contribution in [2.24, 2.45) is 5.73 Å². The molecular formula is C22H25N5O2. The van der Waals surface area contributed by atoms with Gasteiger partial charge in [-0.1, -0.05) is 30.3 Å². The Morgan fingerprint density at radius 1 is 1.21 bits per heavy atom. The lowest BCUT2D eigenvalue weighted by molar-refractivity contribution is 0.211. The maximum absolute atomic E-state index is 11.4. The van der Waals surface area contributed by atoms with E-state index in [-0.39, 0.29) is 0 Å². The molecule has 150 valence electrons. The zero-order valence-electron chi connectivity index (χ0n) is 16.7. The molecule has 2 aromatic carbocycles. The van der Waals surface area contributed by atoms with Crippen LogP contribution in [0.2, 0.25) is 0 Å². The van der Waals surface area contributed by atoms with Gasteiger partial charge in [0.1, 0.15) is 11.4 Å². The molecule has 2 heterocycles. The highest BCUT2D eigenvalue weighted by atomic mass is 16.5. The van der Waals surface area contributed by atoms with E-state index < -0.39 is 6.09 Å². The van der Waals surface area contributed by atoms with Gasteiger partial charge in [0, 0.05) is 28.9 Å². The first-order chi connectivity index (χ1) is 14.0. The zero-order valence-corrected chi connectivity index (χ0v) is 16.7. The molecule has 0 spiro atoms. The normalized spacial score (nSPS) is 17.2. The van der Waals surface area contributed by atoms with Gasteiger partial charge in [-0.15, -0.1) is 10.2 Å². The van der Waals surface area contributed by atoms with Crippen LogP contribution in [0.4, 0.5) is 10.6 Å². The summed E-state index contributed by atoms with van der Waals surface area (Å²) in [6, 6.07) is 13.9. The molecule has 3 N–H and O–H groups in total. The minimum absolute atomic E-state index is 0.338. The molecule has 1 amide bonds. The van der Waals surface area contributed by atoms with Crippen molar-refractivity contribution in [2.45, 2.75) is 25.8 Å². The number of nitrogens with two attached hydrogens (primary N) is 1. The van der Waals surface area contributed by atoms with E-state index in [9.17, 15) is 4.79 Å². The lowest BCUT2D eigenvalue weighted by Gasteiger charge is -2.30. The summed E-state index contributed by atoms with van der Waals surface area (Å²) >= 11 is 0. The van der Waals surface area contributed by atoms with Crippen LogP contribution in [0.3, 0.4) is 0 Å². The fourth-order valence-corrected chi connectivity index (χ4v) is 3.90. The number of primary amides is 1. The fourth-order valence-electron chi connectivity index (χ4n) is 3.90. The summed E-state index contributed by atoms with van der Waals surface area (Å²) in [5.74, 6) is 1.15. The molecule has 1 saturated heterocycles. The van der Waals surface area contributed by atoms with E-state index in [0.29, 0.717) is 23.0 Å². The summed E-state index contributed by atoms with van der Waals surface area (Å²) in [5.41, 5.74) is 7.56. The molecule has 1 fully saturated rings. The molecule has 0 unspecified atom stereocenters. The van der Waals surface area contributed by atoms with Crippen LogP contribution in [0.1, 0.15) is 18.4 Å². The third kappa shape index (κ3) is 4.14. The second-order valence-corrected chi connectivity index (χ2v) is 7.61. The quantitative estimate of drug-likeness (QED) is 0.706. The van der Waals surface area contributed by atoms with Crippen molar-refractivity contribution in [1.82, 2.24) is 15.1 Å². The average molecular weight is 391 g/mol. The van der Waals surface area contributed by atoms with Crippen molar-refractivity contribution in [3.8, 4) is 17.0 Å². The summed E-state index contributed by atoms with van der Waals surface area (Å²) in [6.07, 6.45) is 1.42. The number of nitrogens with zero attached hydrogens (tertiary/aromatic N) is 3. The lowest BCUT2D eigenvalue weighted by atomic mass is 10.0. The van der Waals surface area contributed by atoms with Crippen molar-refractivity contribution in [2.75, 3.05) is 25.5 Å². The summed E-state index contributed by atoms with van der Waals surface area (Å²) in [4.78, 5) is 13.7. The SMILES string of the molecule is Cc1ccc(-c2nnc(N[C@@H]3CCCN(C)C3)c3ccccc23)c(OC(N)=O)c1. The molecule has 1 atom stereocenters. The van der Waals surface area contributed by atoms with Gasteiger partial charge in [0.25, 0.3) is 0 Å². The Morgan fingerprint density at radius 3 is 2.76 bits per heavy atom. The van der Waals surface area contributed by atoms with Gasteiger partial charge in [-0.2, -0.15) is 0 Å². The number of nitrogens with one attached hydrogen (secondary N) is 1. The van der Waals surface area contributed by atoms with Crippen molar-refractivity contribution in [3.05, 3.63) is 48.0 Å². The minimum Gasteiger partial charge on any atom is -0.410 e. The summed E-state index contributed by atoms with van der Waals surface area (Å²) in [7, 11) is 2.14. The fraction of sp³-hybridized carbons (Fsp3) is 0.318. The molecule has 0 saturated carbocycles. The molecule has 1 aliphatic rings. The van der Waals surface area contributed by atoms with Crippen LogP contribution in [-0.4, -0.2) is 47.4 Å². The van der Waals surface area contributed by atoms with Crippen molar-refractivity contribution >= 4 is 22.7 Å². The number of aromatic nitrogens is 2. The number of hydrogen-bond donors (Lipinski definition) is 2. The second-order valence-electron chi connectivity index (χ2n) is 7.61. The highest BCUT2D eigenvalue weighted by molar-refractivity contribution is 6.01. The van der Waals surface area contributed by atoms with Crippen LogP contribution in [0.15, 0.2) is 42.5 Å². The molecule has 0 bridgehead atoms. The van der Waals surface area contributed by atoms with Gasteiger partial charge in [-0.3, -0.25) is 0 Å². The molecule has 29 heavy (non-hydrogen) atoms. The average Bonchev–Trinajstić information content (AvgIpc) is 2.68. The number of piperidine rings is 1. The van der Waals surface area contributed by atoms with Gasteiger partial charge in [-0.25, -0.2) is 4.79 Å². The van der Waals surface area contributed by atoms with Crippen LogP contribution in [0, 0.1) is 6.92 Å². The third-order valence-corrected chi connectivity index (χ3v) is 5.26. The van der Waals surface area contributed by atoms with Crippen LogP contribution >= 0.6 is 0 Å².